The molecule has 190 valence electrons. The number of aromatic nitrogens is 4. The second-order valence-electron chi connectivity index (χ2n) is 9.64. The standard InChI is InChI=1S/C23H34F3N5O3/c1-4-5-11-30-20-19(21(33)29-22(30)34)31(13-14(2)3)17(28-20)9-10-18(32)27-16-8-6-7-15(12-16)23(24,25)26/h14-16H,4-13H2,1-3H3,(H,27,32)(H,29,33,34)/t15-,16+/m1/s1. The zero-order valence-electron chi connectivity index (χ0n) is 20.0. The predicted molar refractivity (Wildman–Crippen MR) is 123 cm³/mol. The number of carbonyl (C=O) groups excluding carboxylic acids is 1. The Morgan fingerprint density at radius 2 is 1.97 bits per heavy atom. The molecular weight excluding hydrogens is 451 g/mol. The Hall–Kier alpha value is -2.59. The van der Waals surface area contributed by atoms with Gasteiger partial charge in [0.2, 0.25) is 5.91 Å². The van der Waals surface area contributed by atoms with E-state index in [1.165, 1.54) is 4.57 Å². The van der Waals surface area contributed by atoms with Crippen molar-refractivity contribution in [1.82, 2.24) is 24.4 Å². The topological polar surface area (TPSA) is 102 Å². The van der Waals surface area contributed by atoms with E-state index in [4.69, 9.17) is 0 Å². The molecule has 0 bridgehead atoms. The van der Waals surface area contributed by atoms with Crippen molar-refractivity contribution in [1.29, 1.82) is 0 Å². The van der Waals surface area contributed by atoms with Crippen molar-refractivity contribution in [3.05, 3.63) is 26.7 Å². The summed E-state index contributed by atoms with van der Waals surface area (Å²) in [5, 5.41) is 2.75. The summed E-state index contributed by atoms with van der Waals surface area (Å²) in [6.07, 6.45) is -1.43. The minimum atomic E-state index is -4.24. The molecule has 0 saturated heterocycles. The van der Waals surface area contributed by atoms with Crippen LogP contribution < -0.4 is 16.6 Å². The van der Waals surface area contributed by atoms with Crippen molar-refractivity contribution in [2.45, 2.75) is 97.4 Å². The molecule has 2 aromatic rings. The van der Waals surface area contributed by atoms with Gasteiger partial charge in [-0.2, -0.15) is 13.2 Å². The van der Waals surface area contributed by atoms with E-state index in [0.717, 1.165) is 12.8 Å². The number of amides is 1. The van der Waals surface area contributed by atoms with Gasteiger partial charge in [-0.15, -0.1) is 0 Å². The fourth-order valence-electron chi connectivity index (χ4n) is 4.64. The Morgan fingerprint density at radius 1 is 1.24 bits per heavy atom. The number of imidazole rings is 1. The summed E-state index contributed by atoms with van der Waals surface area (Å²) in [7, 11) is 0. The van der Waals surface area contributed by atoms with Crippen LogP contribution in [0.4, 0.5) is 13.2 Å². The van der Waals surface area contributed by atoms with Crippen LogP contribution in [0, 0.1) is 11.8 Å². The first kappa shape index (κ1) is 26.0. The number of nitrogens with one attached hydrogen (secondary N) is 2. The Morgan fingerprint density at radius 3 is 2.62 bits per heavy atom. The summed E-state index contributed by atoms with van der Waals surface area (Å²) in [6.45, 7) is 6.88. The first-order chi connectivity index (χ1) is 16.0. The highest BCUT2D eigenvalue weighted by atomic mass is 19.4. The van der Waals surface area contributed by atoms with Gasteiger partial charge < -0.3 is 9.88 Å². The summed E-state index contributed by atoms with van der Waals surface area (Å²) in [6, 6.07) is -0.496. The number of rotatable bonds is 9. The van der Waals surface area contributed by atoms with Gasteiger partial charge in [0.15, 0.2) is 11.2 Å². The highest BCUT2D eigenvalue weighted by Gasteiger charge is 2.42. The smallest absolute Gasteiger partial charge is 0.353 e. The Labute approximate surface area is 195 Å². The molecule has 11 heteroatoms. The van der Waals surface area contributed by atoms with E-state index in [1.807, 2.05) is 20.8 Å². The van der Waals surface area contributed by atoms with Crippen LogP contribution in [0.15, 0.2) is 9.59 Å². The number of halogens is 3. The quantitative estimate of drug-likeness (QED) is 0.568. The first-order valence-electron chi connectivity index (χ1n) is 12.1. The molecule has 0 radical (unpaired) electrons. The first-order valence-corrected chi connectivity index (χ1v) is 12.1. The number of nitrogens with zero attached hydrogens (tertiary/aromatic N) is 3. The number of hydrogen-bond acceptors (Lipinski definition) is 4. The van der Waals surface area contributed by atoms with Crippen molar-refractivity contribution in [2.75, 3.05) is 0 Å². The molecular formula is C23H34F3N5O3. The van der Waals surface area contributed by atoms with Crippen LogP contribution in [0.3, 0.4) is 0 Å². The Kier molecular flexibility index (Phi) is 8.25. The van der Waals surface area contributed by atoms with Gasteiger partial charge in [-0.05, 0) is 31.6 Å². The highest BCUT2D eigenvalue weighted by molar-refractivity contribution is 5.77. The third-order valence-electron chi connectivity index (χ3n) is 6.33. The van der Waals surface area contributed by atoms with Crippen LogP contribution in [0.2, 0.25) is 0 Å². The lowest BCUT2D eigenvalue weighted by atomic mass is 9.85. The van der Waals surface area contributed by atoms with E-state index >= 15 is 0 Å². The summed E-state index contributed by atoms with van der Waals surface area (Å²) in [5.41, 5.74) is -0.420. The van der Waals surface area contributed by atoms with Gasteiger partial charge in [0, 0.05) is 32.0 Å². The number of fused-ring (bicyclic) bond motifs is 1. The number of aryl methyl sites for hydroxylation is 2. The zero-order chi connectivity index (χ0) is 25.0. The minimum absolute atomic E-state index is 0.0334. The van der Waals surface area contributed by atoms with Gasteiger partial charge in [-0.25, -0.2) is 9.78 Å². The van der Waals surface area contributed by atoms with Gasteiger partial charge in [0.05, 0.1) is 5.92 Å². The van der Waals surface area contributed by atoms with E-state index in [0.29, 0.717) is 42.9 Å². The van der Waals surface area contributed by atoms with Crippen LogP contribution in [0.5, 0.6) is 0 Å². The summed E-state index contributed by atoms with van der Waals surface area (Å²) in [4.78, 5) is 44.6. The molecule has 3 rings (SSSR count). The predicted octanol–water partition coefficient (Wildman–Crippen LogP) is 3.51. The Balaban J connectivity index is 1.80. The molecule has 1 saturated carbocycles. The van der Waals surface area contributed by atoms with Crippen molar-refractivity contribution in [2.24, 2.45) is 11.8 Å². The SMILES string of the molecule is CCCCn1c(=O)[nH]c(=O)c2c1nc(CCC(=O)N[C@H]1CCC[C@@H](C(F)(F)F)C1)n2CC(C)C. The summed E-state index contributed by atoms with van der Waals surface area (Å²) < 4.78 is 42.4. The van der Waals surface area contributed by atoms with E-state index in [9.17, 15) is 27.6 Å². The molecule has 34 heavy (non-hydrogen) atoms. The van der Waals surface area contributed by atoms with Gasteiger partial charge in [0.25, 0.3) is 5.56 Å². The van der Waals surface area contributed by atoms with E-state index in [-0.39, 0.29) is 37.5 Å². The van der Waals surface area contributed by atoms with E-state index in [2.05, 4.69) is 15.3 Å². The largest absolute Gasteiger partial charge is 0.391 e. The number of aromatic amines is 1. The second-order valence-corrected chi connectivity index (χ2v) is 9.64. The van der Waals surface area contributed by atoms with E-state index in [1.54, 1.807) is 4.57 Å². The lowest BCUT2D eigenvalue weighted by Gasteiger charge is -2.31. The monoisotopic (exact) mass is 485 g/mol. The third kappa shape index (κ3) is 6.09. The minimum Gasteiger partial charge on any atom is -0.353 e. The molecule has 1 amide bonds. The molecule has 1 aliphatic rings. The number of alkyl halides is 3. The maximum atomic E-state index is 13.1. The maximum Gasteiger partial charge on any atom is 0.391 e. The second kappa shape index (κ2) is 10.8. The lowest BCUT2D eigenvalue weighted by molar-refractivity contribution is -0.184. The molecule has 0 aromatic carbocycles. The van der Waals surface area contributed by atoms with Gasteiger partial charge in [-0.1, -0.05) is 33.6 Å². The van der Waals surface area contributed by atoms with Crippen LogP contribution in [-0.4, -0.2) is 37.2 Å². The molecule has 0 spiro atoms. The summed E-state index contributed by atoms with van der Waals surface area (Å²) >= 11 is 0. The molecule has 2 heterocycles. The molecule has 2 N–H and O–H groups in total. The number of carbonyl (C=O) groups is 1. The molecule has 2 atom stereocenters. The molecule has 0 aliphatic heterocycles. The fraction of sp³-hybridized carbons (Fsp3) is 0.739. The van der Waals surface area contributed by atoms with Crippen LogP contribution >= 0.6 is 0 Å². The molecule has 2 aromatic heterocycles. The number of hydrogen-bond donors (Lipinski definition) is 2. The van der Waals surface area contributed by atoms with Crippen LogP contribution in [-0.2, 0) is 24.3 Å². The van der Waals surface area contributed by atoms with Gasteiger partial charge in [-0.3, -0.25) is 19.1 Å². The molecule has 0 unspecified atom stereocenters. The average Bonchev–Trinajstić information content (AvgIpc) is 3.09. The molecule has 1 aliphatic carbocycles. The molecule has 8 nitrogen and oxygen atoms in total. The van der Waals surface area contributed by atoms with Crippen molar-refractivity contribution in [3.63, 3.8) is 0 Å². The van der Waals surface area contributed by atoms with E-state index < -0.39 is 29.4 Å². The van der Waals surface area contributed by atoms with Crippen LogP contribution in [0.25, 0.3) is 11.2 Å². The third-order valence-corrected chi connectivity index (χ3v) is 6.33. The highest BCUT2D eigenvalue weighted by Crippen LogP contribution is 2.37. The summed E-state index contributed by atoms with van der Waals surface area (Å²) in [5.74, 6) is -1.03. The Bertz CT molecular complexity index is 1120. The lowest BCUT2D eigenvalue weighted by Crippen LogP contribution is -2.41. The van der Waals surface area contributed by atoms with Crippen molar-refractivity contribution < 1.29 is 18.0 Å². The number of H-pyrrole nitrogens is 1. The fourth-order valence-corrected chi connectivity index (χ4v) is 4.64. The van der Waals surface area contributed by atoms with Crippen LogP contribution in [0.1, 0.15) is 71.5 Å². The normalized spacial score (nSPS) is 19.1. The van der Waals surface area contributed by atoms with Crippen molar-refractivity contribution in [3.8, 4) is 0 Å². The van der Waals surface area contributed by atoms with Gasteiger partial charge in [0.1, 0.15) is 5.82 Å². The number of unbranched alkanes of at least 4 members (excludes halogenated alkanes) is 1. The van der Waals surface area contributed by atoms with Crippen molar-refractivity contribution >= 4 is 17.1 Å². The molecule has 1 fully saturated rings. The zero-order valence-corrected chi connectivity index (χ0v) is 20.0. The van der Waals surface area contributed by atoms with Gasteiger partial charge >= 0.3 is 11.9 Å². The average molecular weight is 486 g/mol. The maximum absolute atomic E-state index is 13.1.